The minimum absolute atomic E-state index is 0.514. The molecule has 0 spiro atoms. The highest BCUT2D eigenvalue weighted by atomic mass is 35.5. The van der Waals surface area contributed by atoms with Crippen LogP contribution in [0.4, 0.5) is 0 Å². The van der Waals surface area contributed by atoms with E-state index in [-0.39, 0.29) is 0 Å². The largest absolute Gasteiger partial charge is 0.388 e. The number of thioether (sulfide) groups is 1. The Hall–Kier alpha value is -0.710. The van der Waals surface area contributed by atoms with E-state index < -0.39 is 5.60 Å². The summed E-state index contributed by atoms with van der Waals surface area (Å²) in [5.74, 6) is 0.608. The summed E-state index contributed by atoms with van der Waals surface area (Å²) in [5.41, 5.74) is 0.316. The lowest BCUT2D eigenvalue weighted by atomic mass is 10.1. The van der Waals surface area contributed by atoms with Crippen LogP contribution in [0.15, 0.2) is 53.4 Å². The Bertz CT molecular complexity index is 602. The lowest BCUT2D eigenvalue weighted by Crippen LogP contribution is -2.39. The van der Waals surface area contributed by atoms with Gasteiger partial charge in [0.1, 0.15) is 0 Å². The first kappa shape index (κ1) is 17.6. The van der Waals surface area contributed by atoms with Crippen molar-refractivity contribution in [3.05, 3.63) is 64.1 Å². The fourth-order valence-corrected chi connectivity index (χ4v) is 3.19. The first-order valence-electron chi connectivity index (χ1n) is 7.00. The van der Waals surface area contributed by atoms with Crippen LogP contribution in [0.25, 0.3) is 0 Å². The standard InChI is InChI=1S/C17H19Cl2NOS/c1-17(21,12-22-16-7-5-14(18)6-8-16)11-20-10-13-3-2-4-15(19)9-13/h2-9,20-21H,10-12H2,1H3. The normalized spacial score (nSPS) is 13.8. The molecule has 0 bridgehead atoms. The van der Waals surface area contributed by atoms with Crippen LogP contribution >= 0.6 is 35.0 Å². The van der Waals surface area contributed by atoms with Crippen LogP contribution < -0.4 is 5.32 Å². The zero-order valence-corrected chi connectivity index (χ0v) is 14.7. The predicted octanol–water partition coefficient (Wildman–Crippen LogP) is 4.63. The van der Waals surface area contributed by atoms with E-state index in [1.54, 1.807) is 11.8 Å². The van der Waals surface area contributed by atoms with Gasteiger partial charge in [0.25, 0.3) is 0 Å². The van der Waals surface area contributed by atoms with E-state index >= 15 is 0 Å². The molecule has 5 heteroatoms. The lowest BCUT2D eigenvalue weighted by Gasteiger charge is -2.23. The second-order valence-electron chi connectivity index (χ2n) is 5.47. The molecule has 0 aromatic heterocycles. The third-order valence-electron chi connectivity index (χ3n) is 3.09. The second-order valence-corrected chi connectivity index (χ2v) is 7.39. The summed E-state index contributed by atoms with van der Waals surface area (Å²) in [6, 6.07) is 15.3. The average Bonchev–Trinajstić information content (AvgIpc) is 2.47. The van der Waals surface area contributed by atoms with Gasteiger partial charge in [-0.1, -0.05) is 35.3 Å². The van der Waals surface area contributed by atoms with Crippen molar-refractivity contribution in [2.45, 2.75) is 24.0 Å². The lowest BCUT2D eigenvalue weighted by molar-refractivity contribution is 0.0845. The van der Waals surface area contributed by atoms with Gasteiger partial charge in [0.15, 0.2) is 0 Å². The number of halogens is 2. The molecule has 0 fully saturated rings. The second kappa shape index (κ2) is 8.23. The van der Waals surface area contributed by atoms with Crippen LogP contribution in [0.1, 0.15) is 12.5 Å². The van der Waals surface area contributed by atoms with E-state index in [1.807, 2.05) is 55.5 Å². The smallest absolute Gasteiger partial charge is 0.0837 e. The van der Waals surface area contributed by atoms with E-state index in [0.29, 0.717) is 18.8 Å². The summed E-state index contributed by atoms with van der Waals surface area (Å²) < 4.78 is 0. The number of rotatable bonds is 7. The summed E-state index contributed by atoms with van der Waals surface area (Å²) in [7, 11) is 0. The maximum absolute atomic E-state index is 10.4. The number of nitrogens with one attached hydrogen (secondary N) is 1. The Labute approximate surface area is 145 Å². The molecule has 0 saturated heterocycles. The minimum atomic E-state index is -0.789. The zero-order chi connectivity index (χ0) is 16.0. The fraction of sp³-hybridized carbons (Fsp3) is 0.294. The number of hydrogen-bond donors (Lipinski definition) is 2. The Morgan fingerprint density at radius 3 is 2.50 bits per heavy atom. The highest BCUT2D eigenvalue weighted by molar-refractivity contribution is 7.99. The Kier molecular flexibility index (Phi) is 6.60. The van der Waals surface area contributed by atoms with Crippen molar-refractivity contribution >= 4 is 35.0 Å². The molecule has 2 nitrogen and oxygen atoms in total. The van der Waals surface area contributed by atoms with Gasteiger partial charge < -0.3 is 10.4 Å². The van der Waals surface area contributed by atoms with Gasteiger partial charge in [0, 0.05) is 33.8 Å². The fourth-order valence-electron chi connectivity index (χ4n) is 1.94. The number of aliphatic hydroxyl groups is 1. The van der Waals surface area contributed by atoms with Crippen molar-refractivity contribution in [3.8, 4) is 0 Å². The summed E-state index contributed by atoms with van der Waals surface area (Å²) in [5, 5.41) is 15.1. The van der Waals surface area contributed by atoms with E-state index in [4.69, 9.17) is 23.2 Å². The molecule has 1 atom stereocenters. The van der Waals surface area contributed by atoms with Crippen molar-refractivity contribution in [2.75, 3.05) is 12.3 Å². The monoisotopic (exact) mass is 355 g/mol. The molecule has 2 N–H and O–H groups in total. The molecule has 0 aliphatic heterocycles. The molecule has 0 saturated carbocycles. The molecule has 2 rings (SSSR count). The van der Waals surface area contributed by atoms with Crippen LogP contribution in [0.2, 0.25) is 10.0 Å². The van der Waals surface area contributed by atoms with Crippen molar-refractivity contribution in [1.82, 2.24) is 5.32 Å². The van der Waals surface area contributed by atoms with Gasteiger partial charge in [-0.05, 0) is 48.9 Å². The van der Waals surface area contributed by atoms with Gasteiger partial charge in [-0.25, -0.2) is 0 Å². The van der Waals surface area contributed by atoms with Crippen molar-refractivity contribution < 1.29 is 5.11 Å². The van der Waals surface area contributed by atoms with Gasteiger partial charge in [0.2, 0.25) is 0 Å². The highest BCUT2D eigenvalue weighted by Crippen LogP contribution is 2.24. The van der Waals surface area contributed by atoms with Crippen molar-refractivity contribution in [3.63, 3.8) is 0 Å². The Morgan fingerprint density at radius 1 is 1.09 bits per heavy atom. The van der Waals surface area contributed by atoms with Gasteiger partial charge in [-0.3, -0.25) is 0 Å². The molecule has 0 amide bonds. The number of hydrogen-bond acceptors (Lipinski definition) is 3. The predicted molar refractivity (Wildman–Crippen MR) is 96.0 cm³/mol. The quantitative estimate of drug-likeness (QED) is 0.710. The zero-order valence-electron chi connectivity index (χ0n) is 12.4. The summed E-state index contributed by atoms with van der Waals surface area (Å²) >= 11 is 13.4. The van der Waals surface area contributed by atoms with Crippen LogP contribution in [0.3, 0.4) is 0 Å². The maximum atomic E-state index is 10.4. The molecule has 0 aliphatic rings. The average molecular weight is 356 g/mol. The van der Waals surface area contributed by atoms with E-state index in [1.165, 1.54) is 0 Å². The molecule has 1 unspecified atom stereocenters. The van der Waals surface area contributed by atoms with E-state index in [9.17, 15) is 5.11 Å². The molecule has 22 heavy (non-hydrogen) atoms. The van der Waals surface area contributed by atoms with Gasteiger partial charge in [-0.2, -0.15) is 0 Å². The van der Waals surface area contributed by atoms with Gasteiger partial charge in [-0.15, -0.1) is 11.8 Å². The van der Waals surface area contributed by atoms with Gasteiger partial charge >= 0.3 is 0 Å². The summed E-state index contributed by atoms with van der Waals surface area (Å²) in [4.78, 5) is 1.10. The van der Waals surface area contributed by atoms with Gasteiger partial charge in [0.05, 0.1) is 5.60 Å². The van der Waals surface area contributed by atoms with Crippen molar-refractivity contribution in [1.29, 1.82) is 0 Å². The third kappa shape index (κ3) is 6.19. The highest BCUT2D eigenvalue weighted by Gasteiger charge is 2.20. The third-order valence-corrected chi connectivity index (χ3v) is 4.95. The molecule has 2 aromatic carbocycles. The minimum Gasteiger partial charge on any atom is -0.388 e. The maximum Gasteiger partial charge on any atom is 0.0837 e. The molecular formula is C17H19Cl2NOS. The first-order valence-corrected chi connectivity index (χ1v) is 8.75. The molecule has 0 aliphatic carbocycles. The first-order chi connectivity index (χ1) is 10.4. The van der Waals surface area contributed by atoms with Crippen LogP contribution in [-0.4, -0.2) is 23.0 Å². The molecule has 0 radical (unpaired) electrons. The van der Waals surface area contributed by atoms with Crippen LogP contribution in [0.5, 0.6) is 0 Å². The topological polar surface area (TPSA) is 32.3 Å². The SMILES string of the molecule is CC(O)(CNCc1cccc(Cl)c1)CSc1ccc(Cl)cc1. The molecule has 2 aromatic rings. The summed E-state index contributed by atoms with van der Waals surface area (Å²) in [6.45, 7) is 3.03. The molecular weight excluding hydrogens is 337 g/mol. The van der Waals surface area contributed by atoms with E-state index in [0.717, 1.165) is 20.5 Å². The van der Waals surface area contributed by atoms with Crippen molar-refractivity contribution in [2.24, 2.45) is 0 Å². The summed E-state index contributed by atoms with van der Waals surface area (Å²) in [6.07, 6.45) is 0. The molecule has 118 valence electrons. The Balaban J connectivity index is 1.77. The van der Waals surface area contributed by atoms with Crippen LogP contribution in [0, 0.1) is 0 Å². The van der Waals surface area contributed by atoms with Crippen LogP contribution in [-0.2, 0) is 6.54 Å². The Morgan fingerprint density at radius 2 is 1.82 bits per heavy atom. The van der Waals surface area contributed by atoms with E-state index in [2.05, 4.69) is 5.32 Å². The number of benzene rings is 2. The molecule has 0 heterocycles.